The van der Waals surface area contributed by atoms with Crippen molar-refractivity contribution in [1.82, 2.24) is 9.38 Å². The maximum absolute atomic E-state index is 12.4. The van der Waals surface area contributed by atoms with Crippen LogP contribution < -0.4 is 25.7 Å². The summed E-state index contributed by atoms with van der Waals surface area (Å²) in [6, 6.07) is 13.6. The van der Waals surface area contributed by atoms with E-state index in [1.807, 2.05) is 17.5 Å². The summed E-state index contributed by atoms with van der Waals surface area (Å²) >= 11 is 1.41. The van der Waals surface area contributed by atoms with Crippen LogP contribution in [0.3, 0.4) is 0 Å². The van der Waals surface area contributed by atoms with Gasteiger partial charge in [0.1, 0.15) is 0 Å². The van der Waals surface area contributed by atoms with Gasteiger partial charge in [0.05, 0.1) is 5.69 Å². The molecule has 150 valence electrons. The summed E-state index contributed by atoms with van der Waals surface area (Å²) in [5.41, 5.74) is 3.43. The second kappa shape index (κ2) is 7.20. The zero-order valence-corrected chi connectivity index (χ0v) is 16.7. The van der Waals surface area contributed by atoms with E-state index in [1.54, 1.807) is 41.7 Å². The van der Waals surface area contributed by atoms with Gasteiger partial charge in [-0.2, -0.15) is 0 Å². The fourth-order valence-corrected chi connectivity index (χ4v) is 4.17. The lowest BCUT2D eigenvalue weighted by atomic mass is 10.1. The van der Waals surface area contributed by atoms with Crippen LogP contribution in [0, 0.1) is 6.92 Å². The summed E-state index contributed by atoms with van der Waals surface area (Å²) in [5, 5.41) is 7.45. The second-order valence-electron chi connectivity index (χ2n) is 6.70. The molecule has 2 N–H and O–H groups in total. The van der Waals surface area contributed by atoms with Crippen molar-refractivity contribution in [2.24, 2.45) is 0 Å². The maximum Gasteiger partial charge on any atom is 0.323 e. The number of rotatable bonds is 3. The van der Waals surface area contributed by atoms with Gasteiger partial charge in [-0.3, -0.25) is 9.20 Å². The highest BCUT2D eigenvalue weighted by atomic mass is 32.1. The molecule has 0 saturated heterocycles. The lowest BCUT2D eigenvalue weighted by Crippen LogP contribution is -2.19. The number of nitrogens with zero attached hydrogens (tertiary/aromatic N) is 2. The number of thiazole rings is 1. The Kier molecular flexibility index (Phi) is 4.36. The Morgan fingerprint density at radius 1 is 1.03 bits per heavy atom. The second-order valence-corrected chi connectivity index (χ2v) is 7.54. The van der Waals surface area contributed by atoms with Crippen molar-refractivity contribution in [1.29, 1.82) is 0 Å². The Hall–Kier alpha value is -3.85. The third-order valence-corrected chi connectivity index (χ3v) is 5.43. The van der Waals surface area contributed by atoms with Crippen LogP contribution in [0.5, 0.6) is 11.5 Å². The topological polar surface area (TPSA) is 94.0 Å². The molecule has 0 saturated carbocycles. The third kappa shape index (κ3) is 3.35. The minimum Gasteiger partial charge on any atom is -0.454 e. The lowest BCUT2D eigenvalue weighted by molar-refractivity contribution is 0.174. The number of carbonyl (C=O) groups excluding carboxylic acids is 1. The van der Waals surface area contributed by atoms with Gasteiger partial charge in [0.15, 0.2) is 16.5 Å². The Balaban J connectivity index is 1.32. The van der Waals surface area contributed by atoms with Crippen molar-refractivity contribution in [3.05, 3.63) is 70.0 Å². The number of fused-ring (bicyclic) bond motifs is 2. The van der Waals surface area contributed by atoms with Gasteiger partial charge in [-0.05, 0) is 36.8 Å². The highest BCUT2D eigenvalue weighted by Crippen LogP contribution is 2.34. The fourth-order valence-electron chi connectivity index (χ4n) is 3.22. The molecule has 3 heterocycles. The monoisotopic (exact) mass is 420 g/mol. The molecule has 0 aliphatic carbocycles. The van der Waals surface area contributed by atoms with Gasteiger partial charge < -0.3 is 20.1 Å². The molecular formula is C21H16N4O4S. The number of ether oxygens (including phenoxy) is 2. The quantitative estimate of drug-likeness (QED) is 0.520. The van der Waals surface area contributed by atoms with Gasteiger partial charge in [0, 0.05) is 34.6 Å². The summed E-state index contributed by atoms with van der Waals surface area (Å²) in [4.78, 5) is 29.7. The molecule has 1 aliphatic rings. The number of aromatic nitrogens is 2. The Morgan fingerprint density at radius 2 is 1.77 bits per heavy atom. The van der Waals surface area contributed by atoms with Crippen LogP contribution in [-0.4, -0.2) is 22.2 Å². The molecule has 0 bridgehead atoms. The van der Waals surface area contributed by atoms with Crippen LogP contribution in [0.1, 0.15) is 5.69 Å². The molecule has 5 rings (SSSR count). The number of hydrogen-bond donors (Lipinski definition) is 2. The summed E-state index contributed by atoms with van der Waals surface area (Å²) < 4.78 is 12.2. The van der Waals surface area contributed by atoms with Crippen LogP contribution >= 0.6 is 11.3 Å². The normalized spacial score (nSPS) is 12.2. The van der Waals surface area contributed by atoms with Crippen molar-refractivity contribution < 1.29 is 14.3 Å². The summed E-state index contributed by atoms with van der Waals surface area (Å²) in [5.74, 6) is 1.25. The molecule has 2 aromatic carbocycles. The minimum atomic E-state index is -0.376. The van der Waals surface area contributed by atoms with Crippen LogP contribution in [-0.2, 0) is 0 Å². The molecule has 30 heavy (non-hydrogen) atoms. The van der Waals surface area contributed by atoms with E-state index in [0.29, 0.717) is 33.5 Å². The van der Waals surface area contributed by atoms with Gasteiger partial charge in [-0.15, -0.1) is 11.3 Å². The van der Waals surface area contributed by atoms with Gasteiger partial charge in [0.2, 0.25) is 6.79 Å². The molecular weight excluding hydrogens is 404 g/mol. The van der Waals surface area contributed by atoms with Crippen molar-refractivity contribution in [2.75, 3.05) is 17.4 Å². The lowest BCUT2D eigenvalue weighted by Gasteiger charge is -2.09. The van der Waals surface area contributed by atoms with Crippen LogP contribution in [0.15, 0.2) is 58.7 Å². The molecule has 2 aromatic heterocycles. The standard InChI is InChI=1S/C21H16N4O4S/c1-12-8-19(26)25-16(10-30-21(25)22-12)13-2-4-14(5-3-13)23-20(27)24-15-6-7-17-18(9-15)29-11-28-17/h2-10H,11H2,1H3,(H2,23,24,27). The number of anilines is 2. The van der Waals surface area contributed by atoms with Gasteiger partial charge in [0.25, 0.3) is 5.56 Å². The first kappa shape index (κ1) is 18.2. The number of benzene rings is 2. The third-order valence-electron chi connectivity index (χ3n) is 4.60. The number of carbonyl (C=O) groups is 1. The summed E-state index contributed by atoms with van der Waals surface area (Å²) in [6.45, 7) is 1.98. The first-order chi connectivity index (χ1) is 14.6. The maximum atomic E-state index is 12.4. The van der Waals surface area contributed by atoms with Crippen molar-refractivity contribution >= 4 is 33.7 Å². The number of hydrogen-bond acceptors (Lipinski definition) is 6. The number of aryl methyl sites for hydroxylation is 1. The van der Waals surface area contributed by atoms with E-state index in [9.17, 15) is 9.59 Å². The molecule has 0 atom stereocenters. The van der Waals surface area contributed by atoms with Gasteiger partial charge >= 0.3 is 6.03 Å². The van der Waals surface area contributed by atoms with E-state index in [2.05, 4.69) is 15.6 Å². The largest absolute Gasteiger partial charge is 0.454 e. The fraction of sp³-hybridized carbons (Fsp3) is 0.0952. The molecule has 0 spiro atoms. The SMILES string of the molecule is Cc1cc(=O)n2c(-c3ccc(NC(=O)Nc4ccc5c(c4)OCO5)cc3)csc2n1. The van der Waals surface area contributed by atoms with Crippen molar-refractivity contribution in [2.45, 2.75) is 6.92 Å². The van der Waals surface area contributed by atoms with Crippen molar-refractivity contribution in [3.63, 3.8) is 0 Å². The molecule has 2 amide bonds. The van der Waals surface area contributed by atoms with Gasteiger partial charge in [-0.1, -0.05) is 12.1 Å². The van der Waals surface area contributed by atoms with Crippen molar-refractivity contribution in [3.8, 4) is 22.8 Å². The predicted molar refractivity (Wildman–Crippen MR) is 115 cm³/mol. The average molecular weight is 420 g/mol. The highest BCUT2D eigenvalue weighted by Gasteiger charge is 2.14. The van der Waals surface area contributed by atoms with Crippen LogP contribution in [0.4, 0.5) is 16.2 Å². The Bertz CT molecular complexity index is 1330. The first-order valence-electron chi connectivity index (χ1n) is 9.13. The molecule has 0 radical (unpaired) electrons. The average Bonchev–Trinajstić information content (AvgIpc) is 3.35. The van der Waals surface area contributed by atoms with E-state index in [4.69, 9.17) is 9.47 Å². The van der Waals surface area contributed by atoms with Gasteiger partial charge in [-0.25, -0.2) is 9.78 Å². The number of amides is 2. The van der Waals surface area contributed by atoms with Crippen LogP contribution in [0.2, 0.25) is 0 Å². The molecule has 0 unspecified atom stereocenters. The Morgan fingerprint density at radius 3 is 2.60 bits per heavy atom. The zero-order chi connectivity index (χ0) is 20.7. The minimum absolute atomic E-state index is 0.112. The van der Waals surface area contributed by atoms with E-state index >= 15 is 0 Å². The molecule has 8 nitrogen and oxygen atoms in total. The summed E-state index contributed by atoms with van der Waals surface area (Å²) in [7, 11) is 0. The first-order valence-corrected chi connectivity index (χ1v) is 10.0. The van der Waals surface area contributed by atoms with E-state index < -0.39 is 0 Å². The number of urea groups is 1. The van der Waals surface area contributed by atoms with E-state index in [1.165, 1.54) is 17.4 Å². The Labute approximate surface area is 174 Å². The van der Waals surface area contributed by atoms with E-state index in [-0.39, 0.29) is 18.4 Å². The molecule has 1 aliphatic heterocycles. The predicted octanol–water partition coefficient (Wildman–Crippen LogP) is 4.10. The highest BCUT2D eigenvalue weighted by molar-refractivity contribution is 7.15. The summed E-state index contributed by atoms with van der Waals surface area (Å²) in [6.07, 6.45) is 0. The zero-order valence-electron chi connectivity index (χ0n) is 15.8. The molecule has 9 heteroatoms. The number of nitrogens with one attached hydrogen (secondary N) is 2. The molecule has 4 aromatic rings. The molecule has 0 fully saturated rings. The van der Waals surface area contributed by atoms with E-state index in [0.717, 1.165) is 11.3 Å². The smallest absolute Gasteiger partial charge is 0.323 e. The van der Waals surface area contributed by atoms with Crippen LogP contribution in [0.25, 0.3) is 16.2 Å².